The first-order valence-corrected chi connectivity index (χ1v) is 4.65. The number of hydrogen-bond acceptors (Lipinski definition) is 0. The van der Waals surface area contributed by atoms with Crippen molar-refractivity contribution in [2.24, 2.45) is 0 Å². The average Bonchev–Trinajstić information content (AvgIpc) is 1.72. The zero-order valence-corrected chi connectivity index (χ0v) is 5.15. The Morgan fingerprint density at radius 1 is 1.33 bits per heavy atom. The van der Waals surface area contributed by atoms with Crippen LogP contribution in [0, 0.1) is 0 Å². The minimum Gasteiger partial charge on any atom is -0.103 e. The molecule has 0 aliphatic carbocycles. The molecular formula is C4H4PSi. The van der Waals surface area contributed by atoms with E-state index in [9.17, 15) is 0 Å². The van der Waals surface area contributed by atoms with Gasteiger partial charge in [-0.25, -0.2) is 0 Å². The molecule has 0 aromatic rings. The van der Waals surface area contributed by atoms with Gasteiger partial charge in [0.15, 0.2) is 0 Å². The molecule has 0 atom stereocenters. The molecule has 0 aromatic carbocycles. The Bertz CT molecular complexity index is 76.9. The van der Waals surface area contributed by atoms with Crippen molar-refractivity contribution in [2.75, 3.05) is 0 Å². The standard InChI is InChI=1S/C4H4PSi/c1-2-4-6-5-3-1/h1-4H. The van der Waals surface area contributed by atoms with Crippen LogP contribution in [0.2, 0.25) is 0 Å². The van der Waals surface area contributed by atoms with Crippen molar-refractivity contribution in [1.29, 1.82) is 0 Å². The predicted molar refractivity (Wildman–Crippen MR) is 31.0 cm³/mol. The number of hydrogen-bond donors (Lipinski definition) is 0. The molecule has 0 spiro atoms. The lowest BCUT2D eigenvalue weighted by molar-refractivity contribution is 2.08. The van der Waals surface area contributed by atoms with E-state index in [1.54, 1.807) is 0 Å². The van der Waals surface area contributed by atoms with Gasteiger partial charge in [0.25, 0.3) is 0 Å². The lowest BCUT2D eigenvalue weighted by Gasteiger charge is -1.75. The van der Waals surface area contributed by atoms with Crippen LogP contribution in [-0.2, 0) is 0 Å². The van der Waals surface area contributed by atoms with E-state index in [1.807, 2.05) is 0 Å². The maximum absolute atomic E-state index is 2.20. The third-order valence-corrected chi connectivity index (χ3v) is 2.67. The van der Waals surface area contributed by atoms with Gasteiger partial charge in [-0.05, 0) is 5.82 Å². The van der Waals surface area contributed by atoms with Gasteiger partial charge in [0.05, 0.1) is 8.77 Å². The third kappa shape index (κ3) is 0.998. The lowest BCUT2D eigenvalue weighted by Crippen LogP contribution is -1.59. The quantitative estimate of drug-likeness (QED) is 0.329. The van der Waals surface area contributed by atoms with Gasteiger partial charge in [-0.15, -0.1) is 7.72 Å². The molecule has 0 saturated carbocycles. The van der Waals surface area contributed by atoms with Crippen molar-refractivity contribution in [2.45, 2.75) is 0 Å². The minimum absolute atomic E-state index is 1.01. The highest BCUT2D eigenvalue weighted by Crippen LogP contribution is 1.98. The summed E-state index contributed by atoms with van der Waals surface area (Å²) in [6, 6.07) is 0. The summed E-state index contributed by atoms with van der Waals surface area (Å²) < 4.78 is 0. The Morgan fingerprint density at radius 2 is 2.33 bits per heavy atom. The van der Waals surface area contributed by atoms with Crippen LogP contribution in [0.3, 0.4) is 0 Å². The van der Waals surface area contributed by atoms with Crippen LogP contribution in [0.25, 0.3) is 0 Å². The van der Waals surface area contributed by atoms with Crippen LogP contribution in [0.5, 0.6) is 0 Å². The topological polar surface area (TPSA) is 0 Å². The zero-order chi connectivity index (χ0) is 4.24. The second-order valence-corrected chi connectivity index (χ2v) is 3.66. The maximum atomic E-state index is 2.20. The van der Waals surface area contributed by atoms with Crippen molar-refractivity contribution in [1.82, 2.24) is 0 Å². The molecule has 6 heavy (non-hydrogen) atoms. The van der Waals surface area contributed by atoms with Gasteiger partial charge in [-0.1, -0.05) is 17.9 Å². The van der Waals surface area contributed by atoms with Gasteiger partial charge in [-0.3, -0.25) is 0 Å². The summed E-state index contributed by atoms with van der Waals surface area (Å²) in [5.41, 5.74) is 2.20. The summed E-state index contributed by atoms with van der Waals surface area (Å²) in [5, 5.41) is 0. The smallest absolute Gasteiger partial charge is 0.0914 e. The Balaban J connectivity index is 2.77. The molecule has 1 rings (SSSR count). The van der Waals surface area contributed by atoms with Crippen molar-refractivity contribution >= 4 is 16.5 Å². The Morgan fingerprint density at radius 3 is 2.50 bits per heavy atom. The van der Waals surface area contributed by atoms with E-state index in [2.05, 4.69) is 23.7 Å². The first kappa shape index (κ1) is 4.16. The Kier molecular flexibility index (Phi) is 1.54. The van der Waals surface area contributed by atoms with E-state index >= 15 is 0 Å². The third-order valence-electron chi connectivity index (χ3n) is 0.517. The fraction of sp³-hybridized carbons (Fsp3) is 0. The highest BCUT2D eigenvalue weighted by Gasteiger charge is 1.67. The van der Waals surface area contributed by atoms with Crippen LogP contribution >= 0.6 is 7.72 Å². The molecule has 1 aliphatic heterocycles. The van der Waals surface area contributed by atoms with Crippen molar-refractivity contribution in [3.8, 4) is 0 Å². The summed E-state index contributed by atoms with van der Waals surface area (Å²) in [6.07, 6.45) is 4.17. The SMILES string of the molecule is C1=C[Si]=PC=C1. The summed E-state index contributed by atoms with van der Waals surface area (Å²) in [4.78, 5) is 0. The second kappa shape index (κ2) is 2.22. The molecule has 1 aliphatic rings. The molecule has 1 heterocycles. The molecule has 0 N–H and O–H groups in total. The largest absolute Gasteiger partial charge is 0.103 e. The van der Waals surface area contributed by atoms with E-state index in [0.29, 0.717) is 0 Å². The van der Waals surface area contributed by atoms with Gasteiger partial charge in [0.1, 0.15) is 0 Å². The van der Waals surface area contributed by atoms with Crippen molar-refractivity contribution < 1.29 is 0 Å². The second-order valence-electron chi connectivity index (χ2n) is 0.959. The molecule has 0 bridgehead atoms. The normalized spacial score (nSPS) is 18.7. The molecule has 0 fully saturated rings. The summed E-state index contributed by atoms with van der Waals surface area (Å²) in [6.45, 7) is 0. The first-order valence-electron chi connectivity index (χ1n) is 1.77. The monoisotopic (exact) mass is 111 g/mol. The van der Waals surface area contributed by atoms with E-state index in [1.165, 1.54) is 7.72 Å². The Labute approximate surface area is 41.0 Å². The predicted octanol–water partition coefficient (Wildman–Crippen LogP) is 1.59. The Hall–Kier alpha value is -0.00312. The number of rotatable bonds is 0. The molecule has 0 nitrogen and oxygen atoms in total. The maximum Gasteiger partial charge on any atom is 0.0914 e. The highest BCUT2D eigenvalue weighted by molar-refractivity contribution is 7.51. The molecule has 0 amide bonds. The highest BCUT2D eigenvalue weighted by atomic mass is 31.2. The van der Waals surface area contributed by atoms with Crippen LogP contribution in [0.15, 0.2) is 23.7 Å². The first-order chi connectivity index (χ1) is 3.00. The van der Waals surface area contributed by atoms with Crippen LogP contribution in [0.4, 0.5) is 0 Å². The fourth-order valence-electron chi connectivity index (χ4n) is 0.277. The molecule has 0 aromatic heterocycles. The van der Waals surface area contributed by atoms with Crippen LogP contribution < -0.4 is 0 Å². The van der Waals surface area contributed by atoms with E-state index in [4.69, 9.17) is 0 Å². The van der Waals surface area contributed by atoms with Gasteiger partial charge < -0.3 is 0 Å². The molecular weight excluding hydrogens is 107 g/mol. The van der Waals surface area contributed by atoms with Crippen molar-refractivity contribution in [3.05, 3.63) is 23.7 Å². The molecule has 2 heteroatoms. The van der Waals surface area contributed by atoms with E-state index in [0.717, 1.165) is 8.77 Å². The molecule has 0 unspecified atom stereocenters. The summed E-state index contributed by atoms with van der Waals surface area (Å²) >= 11 is 0. The minimum atomic E-state index is 1.01. The molecule has 29 valence electrons. The van der Waals surface area contributed by atoms with Crippen LogP contribution in [0.1, 0.15) is 0 Å². The zero-order valence-electron chi connectivity index (χ0n) is 3.26. The van der Waals surface area contributed by atoms with Crippen molar-refractivity contribution in [3.63, 3.8) is 0 Å². The lowest BCUT2D eigenvalue weighted by atomic mass is 10.6. The number of allylic oxidation sites excluding steroid dienone is 2. The van der Waals surface area contributed by atoms with Gasteiger partial charge in [-0.2, -0.15) is 0 Å². The summed E-state index contributed by atoms with van der Waals surface area (Å²) in [5.74, 6) is 2.17. The fourth-order valence-corrected chi connectivity index (χ4v) is 1.86. The average molecular weight is 111 g/mol. The van der Waals surface area contributed by atoms with Gasteiger partial charge >= 0.3 is 0 Å². The molecule has 0 saturated heterocycles. The van der Waals surface area contributed by atoms with E-state index in [-0.39, 0.29) is 0 Å². The summed E-state index contributed by atoms with van der Waals surface area (Å²) in [7, 11) is 2.47. The van der Waals surface area contributed by atoms with Gasteiger partial charge in [0, 0.05) is 0 Å². The van der Waals surface area contributed by atoms with Gasteiger partial charge in [0.2, 0.25) is 0 Å². The van der Waals surface area contributed by atoms with Crippen LogP contribution in [-0.4, -0.2) is 8.77 Å². The molecule has 1 radical (unpaired) electrons. The van der Waals surface area contributed by atoms with E-state index < -0.39 is 0 Å².